The van der Waals surface area contributed by atoms with Crippen molar-refractivity contribution in [2.45, 2.75) is 4.90 Å². The Morgan fingerprint density at radius 1 is 0.590 bits per heavy atom. The zero-order chi connectivity index (χ0) is 26.2. The predicted octanol–water partition coefficient (Wildman–Crippen LogP) is 11.2. The molecule has 0 fully saturated rings. The van der Waals surface area contributed by atoms with Gasteiger partial charge >= 0.3 is 0 Å². The fourth-order valence-electron chi connectivity index (χ4n) is 5.29. The van der Waals surface area contributed by atoms with Crippen molar-refractivity contribution in [3.8, 4) is 11.1 Å². The van der Waals surface area contributed by atoms with E-state index in [0.717, 1.165) is 5.57 Å². The van der Waals surface area contributed by atoms with Gasteiger partial charge in [0.25, 0.3) is 0 Å². The maximum Gasteiger partial charge on any atom is 0.0479 e. The number of H-pyrrole nitrogens is 1. The SMILES string of the molecule is C=C1/C=C\C=C/Sc2c1cccc2-c1ccccc1.c1ccc2c(c1)[nH]c1ccc3c4ccccc4sc3c12. The first-order chi connectivity index (χ1) is 19.3. The summed E-state index contributed by atoms with van der Waals surface area (Å²) >= 11 is 3.65. The lowest BCUT2D eigenvalue weighted by atomic mass is 9.99. The van der Waals surface area contributed by atoms with E-state index >= 15 is 0 Å². The average molecular weight is 536 g/mol. The third-order valence-electron chi connectivity index (χ3n) is 7.13. The van der Waals surface area contributed by atoms with Gasteiger partial charge in [-0.1, -0.05) is 128 Å². The van der Waals surface area contributed by atoms with Gasteiger partial charge in [0.2, 0.25) is 0 Å². The maximum atomic E-state index is 4.16. The number of allylic oxidation sites excluding steroid dienone is 4. The van der Waals surface area contributed by atoms with Gasteiger partial charge in [-0.05, 0) is 45.9 Å². The second kappa shape index (κ2) is 10.1. The molecule has 0 unspecified atom stereocenters. The number of aromatic amines is 1. The molecule has 0 spiro atoms. The molecule has 0 aliphatic carbocycles. The Balaban J connectivity index is 0.000000130. The number of fused-ring (bicyclic) bond motifs is 8. The van der Waals surface area contributed by atoms with Gasteiger partial charge in [0.15, 0.2) is 0 Å². The molecule has 5 aromatic carbocycles. The van der Waals surface area contributed by atoms with Gasteiger partial charge in [0, 0.05) is 46.9 Å². The average Bonchev–Trinajstić information content (AvgIpc) is 3.55. The van der Waals surface area contributed by atoms with Crippen LogP contribution in [0.15, 0.2) is 144 Å². The first-order valence-electron chi connectivity index (χ1n) is 13.0. The van der Waals surface area contributed by atoms with Crippen molar-refractivity contribution >= 4 is 70.6 Å². The van der Waals surface area contributed by atoms with Gasteiger partial charge < -0.3 is 4.98 Å². The molecule has 0 radical (unpaired) electrons. The van der Waals surface area contributed by atoms with Crippen LogP contribution in [0.4, 0.5) is 0 Å². The third kappa shape index (κ3) is 4.30. The summed E-state index contributed by atoms with van der Waals surface area (Å²) in [6.07, 6.45) is 6.15. The second-order valence-electron chi connectivity index (χ2n) is 9.51. The van der Waals surface area contributed by atoms with Gasteiger partial charge in [0.1, 0.15) is 0 Å². The molecule has 8 rings (SSSR count). The molecule has 1 aliphatic heterocycles. The van der Waals surface area contributed by atoms with Gasteiger partial charge in [-0.2, -0.15) is 0 Å². The van der Waals surface area contributed by atoms with Crippen molar-refractivity contribution in [3.05, 3.63) is 145 Å². The topological polar surface area (TPSA) is 15.8 Å². The Hall–Kier alpha value is -4.31. The van der Waals surface area contributed by atoms with Gasteiger partial charge in [0.05, 0.1) is 0 Å². The van der Waals surface area contributed by atoms with Crippen molar-refractivity contribution in [2.24, 2.45) is 0 Å². The Kier molecular flexibility index (Phi) is 6.16. The number of hydrogen-bond acceptors (Lipinski definition) is 2. The van der Waals surface area contributed by atoms with Crippen molar-refractivity contribution in [3.63, 3.8) is 0 Å². The number of hydrogen-bond donors (Lipinski definition) is 1. The molecular weight excluding hydrogens is 511 g/mol. The summed E-state index contributed by atoms with van der Waals surface area (Å²) in [6.45, 7) is 4.16. The van der Waals surface area contributed by atoms with Crippen molar-refractivity contribution in [2.75, 3.05) is 0 Å². The highest BCUT2D eigenvalue weighted by atomic mass is 32.2. The van der Waals surface area contributed by atoms with Crippen LogP contribution < -0.4 is 0 Å². The summed E-state index contributed by atoms with van der Waals surface area (Å²) in [7, 11) is 0. The monoisotopic (exact) mass is 535 g/mol. The zero-order valence-corrected chi connectivity index (χ0v) is 22.9. The van der Waals surface area contributed by atoms with Crippen LogP contribution in [-0.2, 0) is 0 Å². The van der Waals surface area contributed by atoms with Crippen LogP contribution in [0.2, 0.25) is 0 Å². The number of thiophene rings is 1. The van der Waals surface area contributed by atoms with Gasteiger partial charge in [-0.25, -0.2) is 0 Å². The highest BCUT2D eigenvalue weighted by molar-refractivity contribution is 8.02. The van der Waals surface area contributed by atoms with Crippen molar-refractivity contribution < 1.29 is 0 Å². The number of para-hydroxylation sites is 1. The van der Waals surface area contributed by atoms with E-state index in [0.29, 0.717) is 0 Å². The smallest absolute Gasteiger partial charge is 0.0479 e. The molecule has 0 bridgehead atoms. The molecule has 1 N–H and O–H groups in total. The van der Waals surface area contributed by atoms with Crippen LogP contribution in [0.5, 0.6) is 0 Å². The van der Waals surface area contributed by atoms with Crippen molar-refractivity contribution in [1.82, 2.24) is 4.98 Å². The summed E-state index contributed by atoms with van der Waals surface area (Å²) < 4.78 is 2.75. The summed E-state index contributed by atoms with van der Waals surface area (Å²) in [5.41, 5.74) is 7.23. The molecule has 0 amide bonds. The molecular formula is C36H25NS2. The zero-order valence-electron chi connectivity index (χ0n) is 21.2. The van der Waals surface area contributed by atoms with Gasteiger partial charge in [-0.3, -0.25) is 0 Å². The van der Waals surface area contributed by atoms with E-state index in [1.165, 1.54) is 63.6 Å². The molecule has 186 valence electrons. The number of thioether (sulfide) groups is 1. The molecule has 0 atom stereocenters. The molecule has 7 aromatic rings. The Morgan fingerprint density at radius 3 is 2.26 bits per heavy atom. The quantitative estimate of drug-likeness (QED) is 0.221. The summed E-state index contributed by atoms with van der Waals surface area (Å²) in [6, 6.07) is 38.6. The lowest BCUT2D eigenvalue weighted by Crippen LogP contribution is -1.89. The standard InChI is InChI=1S/C18H11NS.C18H14S/c1-3-7-14-13(6-1)17-15(19-14)10-9-12-11-5-2-4-8-16(11)20-18(12)17;1-14-8-5-6-13-19-18-16(14)11-7-12-17(18)15-9-3-2-4-10-15/h1-10,19H;2-13H,1H2/b;8-5-,13-6-. The van der Waals surface area contributed by atoms with Crippen LogP contribution in [0.3, 0.4) is 0 Å². The highest BCUT2D eigenvalue weighted by Gasteiger charge is 2.13. The minimum Gasteiger partial charge on any atom is -0.354 e. The van der Waals surface area contributed by atoms with E-state index in [9.17, 15) is 0 Å². The third-order valence-corrected chi connectivity index (χ3v) is 9.30. The van der Waals surface area contributed by atoms with E-state index in [2.05, 4.69) is 132 Å². The minimum absolute atomic E-state index is 1.06. The second-order valence-corrected chi connectivity index (χ2v) is 11.5. The van der Waals surface area contributed by atoms with Crippen LogP contribution in [0.25, 0.3) is 58.7 Å². The van der Waals surface area contributed by atoms with E-state index in [-0.39, 0.29) is 0 Å². The van der Waals surface area contributed by atoms with Crippen molar-refractivity contribution in [1.29, 1.82) is 0 Å². The Morgan fingerprint density at radius 2 is 1.36 bits per heavy atom. The molecule has 39 heavy (non-hydrogen) atoms. The van der Waals surface area contributed by atoms with Crippen LogP contribution in [0, 0.1) is 0 Å². The normalized spacial score (nSPS) is 14.5. The van der Waals surface area contributed by atoms with Gasteiger partial charge in [-0.15, -0.1) is 11.3 Å². The number of benzene rings is 5. The molecule has 0 saturated carbocycles. The van der Waals surface area contributed by atoms with E-state index < -0.39 is 0 Å². The lowest BCUT2D eigenvalue weighted by Gasteiger charge is -2.14. The number of nitrogens with one attached hydrogen (secondary N) is 1. The van der Waals surface area contributed by atoms with Crippen LogP contribution in [0.1, 0.15) is 5.56 Å². The largest absolute Gasteiger partial charge is 0.354 e. The number of rotatable bonds is 1. The summed E-state index contributed by atoms with van der Waals surface area (Å²) in [4.78, 5) is 4.80. The summed E-state index contributed by atoms with van der Waals surface area (Å²) in [5, 5.41) is 7.52. The fraction of sp³-hybridized carbons (Fsp3) is 0. The molecule has 3 heterocycles. The fourth-order valence-corrected chi connectivity index (χ4v) is 7.50. The van der Waals surface area contributed by atoms with Crippen LogP contribution in [-0.4, -0.2) is 4.98 Å². The molecule has 3 heteroatoms. The Labute approximate surface area is 235 Å². The minimum atomic E-state index is 1.06. The Bertz CT molecular complexity index is 2050. The lowest BCUT2D eigenvalue weighted by molar-refractivity contribution is 1.40. The van der Waals surface area contributed by atoms with E-state index in [1.54, 1.807) is 11.8 Å². The molecule has 0 saturated heterocycles. The summed E-state index contributed by atoms with van der Waals surface area (Å²) in [5.74, 6) is 0. The van der Waals surface area contributed by atoms with E-state index in [4.69, 9.17) is 0 Å². The first-order valence-corrected chi connectivity index (χ1v) is 14.7. The molecule has 1 aliphatic rings. The maximum absolute atomic E-state index is 4.16. The van der Waals surface area contributed by atoms with E-state index in [1.807, 2.05) is 23.5 Å². The number of aromatic nitrogens is 1. The first kappa shape index (κ1) is 23.8. The predicted molar refractivity (Wildman–Crippen MR) is 174 cm³/mol. The molecule has 2 aromatic heterocycles. The van der Waals surface area contributed by atoms with Crippen LogP contribution >= 0.6 is 23.1 Å². The molecule has 1 nitrogen and oxygen atoms in total. The highest BCUT2D eigenvalue weighted by Crippen LogP contribution is 2.41.